The molecule has 4 atom stereocenters. The van der Waals surface area contributed by atoms with Crippen LogP contribution in [-0.4, -0.2) is 41.9 Å². The summed E-state index contributed by atoms with van der Waals surface area (Å²) in [5.74, 6) is 1.57. The third-order valence-electron chi connectivity index (χ3n) is 5.86. The fraction of sp³-hybridized carbons (Fsp3) is 0.882. The highest BCUT2D eigenvalue weighted by atomic mass is 16.2. The lowest BCUT2D eigenvalue weighted by molar-refractivity contribution is -0.131. The molecule has 3 rings (SSSR count). The maximum absolute atomic E-state index is 12.4. The molecule has 1 heterocycles. The maximum atomic E-state index is 12.4. The molecule has 22 heavy (non-hydrogen) atoms. The summed E-state index contributed by atoms with van der Waals surface area (Å²) in [6, 6.07) is 0.192. The van der Waals surface area contributed by atoms with Crippen LogP contribution in [0, 0.1) is 17.8 Å². The van der Waals surface area contributed by atoms with Crippen LogP contribution < -0.4 is 11.1 Å². The highest BCUT2D eigenvalue weighted by molar-refractivity contribution is 5.81. The zero-order chi connectivity index (χ0) is 15.7. The van der Waals surface area contributed by atoms with Gasteiger partial charge in [0.15, 0.2) is 0 Å². The van der Waals surface area contributed by atoms with Crippen LogP contribution in [0.4, 0.5) is 0 Å². The summed E-state index contributed by atoms with van der Waals surface area (Å²) in [4.78, 5) is 26.5. The minimum atomic E-state index is -0.0743. The van der Waals surface area contributed by atoms with Crippen molar-refractivity contribution in [3.8, 4) is 0 Å². The van der Waals surface area contributed by atoms with Crippen molar-refractivity contribution in [1.82, 2.24) is 10.2 Å². The number of nitrogens with two attached hydrogens (primary N) is 1. The highest BCUT2D eigenvalue weighted by Gasteiger charge is 2.42. The second-order valence-electron chi connectivity index (χ2n) is 7.56. The molecule has 0 aromatic heterocycles. The number of hydrogen-bond acceptors (Lipinski definition) is 3. The molecule has 3 N–H and O–H groups in total. The van der Waals surface area contributed by atoms with Gasteiger partial charge in [0.05, 0.1) is 0 Å². The van der Waals surface area contributed by atoms with Crippen LogP contribution in [0.25, 0.3) is 0 Å². The van der Waals surface area contributed by atoms with Crippen molar-refractivity contribution >= 4 is 11.8 Å². The van der Waals surface area contributed by atoms with E-state index in [1.807, 2.05) is 11.8 Å². The van der Waals surface area contributed by atoms with E-state index < -0.39 is 0 Å². The van der Waals surface area contributed by atoms with Crippen molar-refractivity contribution in [3.63, 3.8) is 0 Å². The molecule has 5 nitrogen and oxygen atoms in total. The monoisotopic (exact) mass is 307 g/mol. The van der Waals surface area contributed by atoms with Crippen molar-refractivity contribution in [2.75, 3.05) is 13.1 Å². The van der Waals surface area contributed by atoms with E-state index in [1.54, 1.807) is 0 Å². The van der Waals surface area contributed by atoms with Gasteiger partial charge in [0.2, 0.25) is 11.8 Å². The zero-order valence-corrected chi connectivity index (χ0v) is 13.6. The van der Waals surface area contributed by atoms with E-state index >= 15 is 0 Å². The first-order valence-corrected chi connectivity index (χ1v) is 8.88. The second kappa shape index (κ2) is 6.57. The molecule has 2 amide bonds. The van der Waals surface area contributed by atoms with E-state index in [0.29, 0.717) is 18.3 Å². The fourth-order valence-electron chi connectivity index (χ4n) is 4.50. The van der Waals surface area contributed by atoms with Gasteiger partial charge in [-0.25, -0.2) is 0 Å². The van der Waals surface area contributed by atoms with Gasteiger partial charge in [-0.3, -0.25) is 9.59 Å². The number of carbonyl (C=O) groups is 2. The number of fused-ring (bicyclic) bond motifs is 1. The lowest BCUT2D eigenvalue weighted by Crippen LogP contribution is -2.41. The van der Waals surface area contributed by atoms with Gasteiger partial charge in [-0.05, 0) is 44.4 Å². The van der Waals surface area contributed by atoms with Crippen LogP contribution >= 0.6 is 0 Å². The van der Waals surface area contributed by atoms with Gasteiger partial charge in [0.25, 0.3) is 0 Å². The Morgan fingerprint density at radius 1 is 1.18 bits per heavy atom. The molecule has 3 aliphatic rings. The first kappa shape index (κ1) is 15.8. The van der Waals surface area contributed by atoms with Crippen molar-refractivity contribution in [3.05, 3.63) is 0 Å². The molecular weight excluding hydrogens is 278 g/mol. The summed E-state index contributed by atoms with van der Waals surface area (Å²) < 4.78 is 0. The van der Waals surface area contributed by atoms with Gasteiger partial charge in [-0.15, -0.1) is 0 Å². The Labute approximate surface area is 133 Å². The van der Waals surface area contributed by atoms with Crippen LogP contribution in [0.3, 0.4) is 0 Å². The summed E-state index contributed by atoms with van der Waals surface area (Å²) in [5, 5.41) is 3.02. The topological polar surface area (TPSA) is 75.4 Å². The summed E-state index contributed by atoms with van der Waals surface area (Å²) >= 11 is 0. The minimum Gasteiger partial charge on any atom is -0.353 e. The number of nitrogens with one attached hydrogen (secondary N) is 1. The first-order chi connectivity index (χ1) is 10.5. The lowest BCUT2D eigenvalue weighted by Gasteiger charge is -2.22. The summed E-state index contributed by atoms with van der Waals surface area (Å²) in [6.45, 7) is 3.61. The highest BCUT2D eigenvalue weighted by Crippen LogP contribution is 2.37. The Balaban J connectivity index is 1.44. The average Bonchev–Trinajstić information content (AvgIpc) is 3.17. The minimum absolute atomic E-state index is 0.0743. The molecular formula is C17H29N3O2. The van der Waals surface area contributed by atoms with Crippen LogP contribution in [0.1, 0.15) is 51.9 Å². The van der Waals surface area contributed by atoms with Crippen molar-refractivity contribution in [1.29, 1.82) is 0 Å². The average molecular weight is 307 g/mol. The molecule has 1 saturated heterocycles. The van der Waals surface area contributed by atoms with Gasteiger partial charge in [0, 0.05) is 37.5 Å². The molecule has 2 saturated carbocycles. The number of carbonyl (C=O) groups excluding carboxylic acids is 2. The Bertz CT molecular complexity index is 434. The Morgan fingerprint density at radius 2 is 1.91 bits per heavy atom. The third-order valence-corrected chi connectivity index (χ3v) is 5.86. The number of rotatable bonds is 4. The van der Waals surface area contributed by atoms with E-state index in [0.717, 1.165) is 51.6 Å². The van der Waals surface area contributed by atoms with Gasteiger partial charge in [-0.2, -0.15) is 0 Å². The molecule has 3 fully saturated rings. The molecule has 0 aromatic rings. The Kier molecular flexibility index (Phi) is 4.71. The molecule has 5 heteroatoms. The second-order valence-corrected chi connectivity index (χ2v) is 7.56. The van der Waals surface area contributed by atoms with E-state index in [-0.39, 0.29) is 29.8 Å². The van der Waals surface area contributed by atoms with E-state index in [4.69, 9.17) is 5.73 Å². The molecule has 1 aliphatic heterocycles. The molecule has 124 valence electrons. The number of hydrogen-bond donors (Lipinski definition) is 2. The Hall–Kier alpha value is -1.10. The van der Waals surface area contributed by atoms with E-state index in [9.17, 15) is 9.59 Å². The smallest absolute Gasteiger partial charge is 0.224 e. The predicted molar refractivity (Wildman–Crippen MR) is 84.9 cm³/mol. The van der Waals surface area contributed by atoms with Crippen LogP contribution in [-0.2, 0) is 9.59 Å². The molecule has 2 aliphatic carbocycles. The number of nitrogens with zero attached hydrogens (tertiary/aromatic N) is 1. The van der Waals surface area contributed by atoms with Crippen LogP contribution in [0.5, 0.6) is 0 Å². The van der Waals surface area contributed by atoms with Crippen molar-refractivity contribution in [2.45, 2.75) is 64.0 Å². The molecule has 0 radical (unpaired) electrons. The van der Waals surface area contributed by atoms with Crippen molar-refractivity contribution in [2.24, 2.45) is 23.5 Å². The number of likely N-dealkylation sites (tertiary alicyclic amines) is 1. The number of amides is 2. The van der Waals surface area contributed by atoms with Crippen molar-refractivity contribution < 1.29 is 9.59 Å². The SMILES string of the molecule is CC(CC(=O)N1CC2CCC(N)C2C1)NC(=O)C1CCCC1. The molecule has 0 bridgehead atoms. The Morgan fingerprint density at radius 3 is 2.59 bits per heavy atom. The van der Waals surface area contributed by atoms with Gasteiger partial charge in [0.1, 0.15) is 0 Å². The zero-order valence-electron chi connectivity index (χ0n) is 13.6. The molecule has 4 unspecified atom stereocenters. The van der Waals surface area contributed by atoms with Crippen LogP contribution in [0.2, 0.25) is 0 Å². The normalized spacial score (nSPS) is 33.0. The largest absolute Gasteiger partial charge is 0.353 e. The van der Waals surface area contributed by atoms with E-state index in [1.165, 1.54) is 0 Å². The standard InChI is InChI=1S/C17H29N3O2/c1-11(19-17(22)12-4-2-3-5-12)8-16(21)20-9-13-6-7-15(18)14(13)10-20/h11-15H,2-10,18H2,1H3,(H,19,22). The van der Waals surface area contributed by atoms with Gasteiger partial charge >= 0.3 is 0 Å². The predicted octanol–water partition coefficient (Wildman–Crippen LogP) is 1.27. The summed E-state index contributed by atoms with van der Waals surface area (Å²) in [6.07, 6.45) is 6.98. The lowest BCUT2D eigenvalue weighted by atomic mass is 9.98. The quantitative estimate of drug-likeness (QED) is 0.821. The van der Waals surface area contributed by atoms with E-state index in [2.05, 4.69) is 5.32 Å². The van der Waals surface area contributed by atoms with Gasteiger partial charge < -0.3 is 16.0 Å². The maximum Gasteiger partial charge on any atom is 0.224 e. The fourth-order valence-corrected chi connectivity index (χ4v) is 4.50. The third kappa shape index (κ3) is 3.29. The first-order valence-electron chi connectivity index (χ1n) is 8.88. The summed E-state index contributed by atoms with van der Waals surface area (Å²) in [5.41, 5.74) is 6.12. The summed E-state index contributed by atoms with van der Waals surface area (Å²) in [7, 11) is 0. The van der Waals surface area contributed by atoms with Crippen LogP contribution in [0.15, 0.2) is 0 Å². The molecule has 0 aromatic carbocycles. The molecule has 0 spiro atoms. The van der Waals surface area contributed by atoms with Gasteiger partial charge in [-0.1, -0.05) is 12.8 Å².